The lowest BCUT2D eigenvalue weighted by molar-refractivity contribution is -0.384. The molecule has 2 atom stereocenters. The molecule has 0 saturated heterocycles. The van der Waals surface area contributed by atoms with Crippen molar-refractivity contribution in [2.75, 3.05) is 5.32 Å². The summed E-state index contributed by atoms with van der Waals surface area (Å²) in [6, 6.07) is 3.72. The number of nitro benzene ring substituents is 1. The van der Waals surface area contributed by atoms with Crippen LogP contribution in [0.1, 0.15) is 25.7 Å². The summed E-state index contributed by atoms with van der Waals surface area (Å²) in [5, 5.41) is 22.5. The van der Waals surface area contributed by atoms with Crippen molar-refractivity contribution in [2.24, 2.45) is 11.8 Å². The Balaban J connectivity index is 2.14. The van der Waals surface area contributed by atoms with Crippen molar-refractivity contribution in [3.63, 3.8) is 0 Å². The second-order valence-electron chi connectivity index (χ2n) is 5.25. The van der Waals surface area contributed by atoms with E-state index in [0.717, 1.165) is 18.9 Å². The van der Waals surface area contributed by atoms with Gasteiger partial charge in [-0.25, -0.2) is 0 Å². The predicted molar refractivity (Wildman–Crippen MR) is 79.8 cm³/mol. The molecule has 0 heterocycles. The normalized spacial score (nSPS) is 21.1. The maximum absolute atomic E-state index is 12.3. The van der Waals surface area contributed by atoms with E-state index in [9.17, 15) is 24.8 Å². The molecule has 8 heteroatoms. The first-order chi connectivity index (χ1) is 10.4. The number of aliphatic carboxylic acids is 1. The van der Waals surface area contributed by atoms with Crippen molar-refractivity contribution in [3.05, 3.63) is 33.3 Å². The lowest BCUT2D eigenvalue weighted by Crippen LogP contribution is -2.36. The third-order valence-corrected chi connectivity index (χ3v) is 4.15. The zero-order chi connectivity index (χ0) is 16.3. The highest BCUT2D eigenvalue weighted by atomic mass is 35.5. The van der Waals surface area contributed by atoms with Gasteiger partial charge in [-0.3, -0.25) is 19.7 Å². The molecule has 1 saturated carbocycles. The molecule has 0 aromatic heterocycles. The molecule has 2 N–H and O–H groups in total. The number of hydrogen-bond donors (Lipinski definition) is 2. The first-order valence-corrected chi connectivity index (χ1v) is 7.25. The van der Waals surface area contributed by atoms with Crippen molar-refractivity contribution in [2.45, 2.75) is 25.7 Å². The van der Waals surface area contributed by atoms with Crippen molar-refractivity contribution in [3.8, 4) is 0 Å². The van der Waals surface area contributed by atoms with Crippen molar-refractivity contribution >= 4 is 34.9 Å². The molecule has 1 fully saturated rings. The Labute approximate surface area is 131 Å². The third-order valence-electron chi connectivity index (χ3n) is 3.84. The smallest absolute Gasteiger partial charge is 0.307 e. The number of amides is 1. The van der Waals surface area contributed by atoms with Gasteiger partial charge >= 0.3 is 5.97 Å². The third kappa shape index (κ3) is 3.54. The highest BCUT2D eigenvalue weighted by Crippen LogP contribution is 2.33. The summed E-state index contributed by atoms with van der Waals surface area (Å²) in [6.07, 6.45) is 2.57. The van der Waals surface area contributed by atoms with E-state index < -0.39 is 28.6 Å². The summed E-state index contributed by atoms with van der Waals surface area (Å²) in [5.41, 5.74) is 0.0658. The molecule has 1 aliphatic rings. The van der Waals surface area contributed by atoms with Crippen molar-refractivity contribution in [1.82, 2.24) is 0 Å². The van der Waals surface area contributed by atoms with E-state index in [4.69, 9.17) is 11.6 Å². The predicted octanol–water partition coefficient (Wildman–Crippen LogP) is 3.08. The van der Waals surface area contributed by atoms with E-state index >= 15 is 0 Å². The first kappa shape index (κ1) is 16.2. The molecule has 2 rings (SSSR count). The van der Waals surface area contributed by atoms with E-state index in [1.807, 2.05) is 0 Å². The van der Waals surface area contributed by atoms with Crippen LogP contribution in [0.25, 0.3) is 0 Å². The van der Waals surface area contributed by atoms with Gasteiger partial charge < -0.3 is 10.4 Å². The van der Waals surface area contributed by atoms with Gasteiger partial charge in [0, 0.05) is 12.1 Å². The molecule has 0 spiro atoms. The summed E-state index contributed by atoms with van der Waals surface area (Å²) in [5.74, 6) is -2.71. The number of hydrogen-bond acceptors (Lipinski definition) is 4. The minimum absolute atomic E-state index is 0.0465. The van der Waals surface area contributed by atoms with E-state index in [2.05, 4.69) is 5.32 Å². The highest BCUT2D eigenvalue weighted by Gasteiger charge is 2.35. The van der Waals surface area contributed by atoms with Gasteiger partial charge in [0.05, 0.1) is 27.5 Å². The van der Waals surface area contributed by atoms with Gasteiger partial charge in [-0.1, -0.05) is 24.4 Å². The Morgan fingerprint density at radius 3 is 2.45 bits per heavy atom. The number of nitrogens with one attached hydrogen (secondary N) is 1. The SMILES string of the molecule is O=C(Nc1ccc([N+](=O)[O-])cc1Cl)[C@H]1CCCC[C@H]1C(=O)O. The van der Waals surface area contributed by atoms with E-state index in [-0.39, 0.29) is 16.4 Å². The maximum atomic E-state index is 12.3. The van der Waals surface area contributed by atoms with Crippen LogP contribution in [0.4, 0.5) is 11.4 Å². The van der Waals surface area contributed by atoms with Crippen LogP contribution >= 0.6 is 11.6 Å². The fraction of sp³-hybridized carbons (Fsp3) is 0.429. The minimum Gasteiger partial charge on any atom is -0.481 e. The standard InChI is InChI=1S/C14H15ClN2O5/c15-11-7-8(17(21)22)5-6-12(11)16-13(18)9-3-1-2-4-10(9)14(19)20/h5-7,9-10H,1-4H2,(H,16,18)(H,19,20)/t9-,10+/m0/s1. The number of carbonyl (C=O) groups excluding carboxylic acids is 1. The molecular formula is C14H15ClN2O5. The van der Waals surface area contributed by atoms with E-state index in [1.54, 1.807) is 0 Å². The topological polar surface area (TPSA) is 110 Å². The Morgan fingerprint density at radius 2 is 1.91 bits per heavy atom. The summed E-state index contributed by atoms with van der Waals surface area (Å²) >= 11 is 5.92. The molecule has 1 aliphatic carbocycles. The monoisotopic (exact) mass is 326 g/mol. The minimum atomic E-state index is -0.977. The average molecular weight is 327 g/mol. The van der Waals surface area contributed by atoms with Crippen LogP contribution in [0.15, 0.2) is 18.2 Å². The van der Waals surface area contributed by atoms with Gasteiger partial charge in [-0.2, -0.15) is 0 Å². The Kier molecular flexibility index (Phi) is 4.97. The van der Waals surface area contributed by atoms with Crippen LogP contribution in [-0.2, 0) is 9.59 Å². The lowest BCUT2D eigenvalue weighted by atomic mass is 9.78. The van der Waals surface area contributed by atoms with Crippen molar-refractivity contribution < 1.29 is 19.6 Å². The summed E-state index contributed by atoms with van der Waals surface area (Å²) in [4.78, 5) is 33.6. The average Bonchev–Trinajstić information content (AvgIpc) is 2.48. The molecule has 1 aromatic rings. The van der Waals surface area contributed by atoms with E-state index in [0.29, 0.717) is 12.8 Å². The number of halogens is 1. The highest BCUT2D eigenvalue weighted by molar-refractivity contribution is 6.34. The van der Waals surface area contributed by atoms with Gasteiger partial charge in [0.2, 0.25) is 5.91 Å². The number of nitrogens with zero attached hydrogens (tertiary/aromatic N) is 1. The van der Waals surface area contributed by atoms with Crippen LogP contribution in [0.3, 0.4) is 0 Å². The number of nitro groups is 1. The van der Waals surface area contributed by atoms with Crippen LogP contribution in [0.2, 0.25) is 5.02 Å². The number of carboxylic acids is 1. The number of non-ortho nitro benzene ring substituents is 1. The Morgan fingerprint density at radius 1 is 1.27 bits per heavy atom. The second-order valence-corrected chi connectivity index (χ2v) is 5.65. The molecule has 1 aromatic carbocycles. The molecule has 0 bridgehead atoms. The molecule has 7 nitrogen and oxygen atoms in total. The molecule has 0 radical (unpaired) electrons. The zero-order valence-electron chi connectivity index (χ0n) is 11.6. The van der Waals surface area contributed by atoms with Crippen LogP contribution in [0, 0.1) is 22.0 Å². The molecule has 22 heavy (non-hydrogen) atoms. The largest absolute Gasteiger partial charge is 0.481 e. The van der Waals surface area contributed by atoms with Crippen LogP contribution in [-0.4, -0.2) is 21.9 Å². The fourth-order valence-corrected chi connectivity index (χ4v) is 2.91. The fourth-order valence-electron chi connectivity index (χ4n) is 2.68. The molecule has 0 aliphatic heterocycles. The summed E-state index contributed by atoms with van der Waals surface area (Å²) in [7, 11) is 0. The van der Waals surface area contributed by atoms with Gasteiger partial charge in [0.25, 0.3) is 5.69 Å². The molecule has 0 unspecified atom stereocenters. The number of carboxylic acid groups (broad SMARTS) is 1. The van der Waals surface area contributed by atoms with Gasteiger partial charge in [0.1, 0.15) is 0 Å². The molecular weight excluding hydrogens is 312 g/mol. The lowest BCUT2D eigenvalue weighted by Gasteiger charge is -2.27. The maximum Gasteiger partial charge on any atom is 0.307 e. The van der Waals surface area contributed by atoms with Crippen LogP contribution < -0.4 is 5.32 Å². The number of benzene rings is 1. The number of anilines is 1. The summed E-state index contributed by atoms with van der Waals surface area (Å²) in [6.45, 7) is 0. The van der Waals surface area contributed by atoms with Crippen molar-refractivity contribution in [1.29, 1.82) is 0 Å². The van der Waals surface area contributed by atoms with E-state index in [1.165, 1.54) is 12.1 Å². The van der Waals surface area contributed by atoms with Gasteiger partial charge in [-0.15, -0.1) is 0 Å². The Hall–Kier alpha value is -2.15. The van der Waals surface area contributed by atoms with Gasteiger partial charge in [0.15, 0.2) is 0 Å². The Bertz CT molecular complexity index is 619. The second kappa shape index (κ2) is 6.74. The van der Waals surface area contributed by atoms with Crippen LogP contribution in [0.5, 0.6) is 0 Å². The summed E-state index contributed by atoms with van der Waals surface area (Å²) < 4.78 is 0. The quantitative estimate of drug-likeness (QED) is 0.652. The number of rotatable bonds is 4. The number of carbonyl (C=O) groups is 2. The first-order valence-electron chi connectivity index (χ1n) is 6.87. The molecule has 1 amide bonds. The molecule has 118 valence electrons. The zero-order valence-corrected chi connectivity index (χ0v) is 12.4. The van der Waals surface area contributed by atoms with Gasteiger partial charge in [-0.05, 0) is 18.9 Å².